The Kier molecular flexibility index (Phi) is 5.32. The quantitative estimate of drug-likeness (QED) is 0.612. The van der Waals surface area contributed by atoms with Gasteiger partial charge in [-0.15, -0.1) is 6.58 Å². The molecule has 0 saturated carbocycles. The highest BCUT2D eigenvalue weighted by molar-refractivity contribution is 5.80. The number of hydrogen-bond donors (Lipinski definition) is 0. The molecule has 4 heteroatoms. The molecule has 0 N–H and O–H groups in total. The third-order valence-corrected chi connectivity index (χ3v) is 4.35. The second kappa shape index (κ2) is 7.83. The van der Waals surface area contributed by atoms with Crippen molar-refractivity contribution >= 4 is 5.91 Å². The van der Waals surface area contributed by atoms with Gasteiger partial charge in [0, 0.05) is 11.3 Å². The highest BCUT2D eigenvalue weighted by Gasteiger charge is 2.16. The molecule has 0 aliphatic carbocycles. The Morgan fingerprint density at radius 3 is 2.38 bits per heavy atom. The molecule has 0 unspecified atom stereocenters. The fourth-order valence-electron chi connectivity index (χ4n) is 2.94. The molecule has 0 fully saturated rings. The maximum absolute atomic E-state index is 12.4. The summed E-state index contributed by atoms with van der Waals surface area (Å²) in [5.41, 5.74) is 4.99. The topological polar surface area (TPSA) is 44.1 Å². The molecular formula is C22H22N2O2. The lowest BCUT2D eigenvalue weighted by atomic mass is 10.1. The molecular weight excluding hydrogens is 324 g/mol. The summed E-state index contributed by atoms with van der Waals surface area (Å²) in [5.74, 6) is 0.471. The van der Waals surface area contributed by atoms with Crippen LogP contribution in [0.4, 0.5) is 0 Å². The summed E-state index contributed by atoms with van der Waals surface area (Å²) < 4.78 is 7.07. The fraction of sp³-hybridized carbons (Fsp3) is 0.182. The van der Waals surface area contributed by atoms with Gasteiger partial charge < -0.3 is 4.74 Å². The maximum atomic E-state index is 12.4. The lowest BCUT2D eigenvalue weighted by molar-refractivity contribution is 0.0818. The third-order valence-electron chi connectivity index (χ3n) is 4.35. The maximum Gasteiger partial charge on any atom is 0.284 e. The average molecular weight is 346 g/mol. The van der Waals surface area contributed by atoms with Crippen LogP contribution in [0, 0.1) is 13.8 Å². The Bertz CT molecular complexity index is 909. The first-order valence-electron chi connectivity index (χ1n) is 8.57. The van der Waals surface area contributed by atoms with Gasteiger partial charge in [0.1, 0.15) is 5.75 Å². The van der Waals surface area contributed by atoms with E-state index in [2.05, 4.69) is 23.8 Å². The van der Waals surface area contributed by atoms with E-state index in [0.29, 0.717) is 12.2 Å². The number of aryl methyl sites for hydroxylation is 1. The van der Waals surface area contributed by atoms with E-state index in [-0.39, 0.29) is 12.5 Å². The number of carbonyl (C=O) groups excluding carboxylic acids is 1. The molecule has 0 atom stereocenters. The van der Waals surface area contributed by atoms with Crippen LogP contribution in [0.2, 0.25) is 0 Å². The minimum atomic E-state index is -0.187. The van der Waals surface area contributed by atoms with Crippen LogP contribution in [0.5, 0.6) is 5.75 Å². The highest BCUT2D eigenvalue weighted by atomic mass is 16.5. The van der Waals surface area contributed by atoms with Gasteiger partial charge in [0.25, 0.3) is 5.91 Å². The molecule has 0 aliphatic rings. The molecule has 132 valence electrons. The molecule has 4 nitrogen and oxygen atoms in total. The van der Waals surface area contributed by atoms with Crippen molar-refractivity contribution in [2.45, 2.75) is 20.3 Å². The zero-order chi connectivity index (χ0) is 18.5. The fourth-order valence-corrected chi connectivity index (χ4v) is 2.94. The van der Waals surface area contributed by atoms with Gasteiger partial charge in [-0.25, -0.2) is 4.68 Å². The van der Waals surface area contributed by atoms with Crippen molar-refractivity contribution in [1.29, 1.82) is 0 Å². The predicted molar refractivity (Wildman–Crippen MR) is 104 cm³/mol. The SMILES string of the molecule is C=CCc1c(C)nn(C(=O)COc2ccc(-c3ccccc3)cc2)c1C. The van der Waals surface area contributed by atoms with Gasteiger partial charge >= 0.3 is 0 Å². The molecule has 0 bridgehead atoms. The van der Waals surface area contributed by atoms with E-state index in [1.165, 1.54) is 4.68 Å². The van der Waals surface area contributed by atoms with E-state index in [4.69, 9.17) is 4.74 Å². The molecule has 3 rings (SSSR count). The Labute approximate surface area is 153 Å². The summed E-state index contributed by atoms with van der Waals surface area (Å²) in [5, 5.41) is 4.33. The third kappa shape index (κ3) is 3.75. The van der Waals surface area contributed by atoms with E-state index in [1.807, 2.05) is 62.4 Å². The van der Waals surface area contributed by atoms with Gasteiger partial charge in [-0.05, 0) is 43.5 Å². The van der Waals surface area contributed by atoms with Gasteiger partial charge in [-0.3, -0.25) is 4.79 Å². The van der Waals surface area contributed by atoms with Crippen LogP contribution in [0.3, 0.4) is 0 Å². The van der Waals surface area contributed by atoms with Crippen LogP contribution in [-0.4, -0.2) is 22.3 Å². The Morgan fingerprint density at radius 1 is 1.08 bits per heavy atom. The first-order chi connectivity index (χ1) is 12.6. The molecule has 26 heavy (non-hydrogen) atoms. The van der Waals surface area contributed by atoms with Crippen molar-refractivity contribution in [1.82, 2.24) is 9.78 Å². The Balaban J connectivity index is 1.67. The minimum absolute atomic E-state index is 0.0554. The summed E-state index contributed by atoms with van der Waals surface area (Å²) in [7, 11) is 0. The van der Waals surface area contributed by atoms with Crippen LogP contribution in [0.25, 0.3) is 11.1 Å². The first-order valence-corrected chi connectivity index (χ1v) is 8.57. The number of aromatic nitrogens is 2. The molecule has 0 amide bonds. The minimum Gasteiger partial charge on any atom is -0.484 e. The van der Waals surface area contributed by atoms with Crippen LogP contribution < -0.4 is 4.74 Å². The number of benzene rings is 2. The van der Waals surface area contributed by atoms with Crippen molar-refractivity contribution in [2.24, 2.45) is 0 Å². The molecule has 1 heterocycles. The van der Waals surface area contributed by atoms with Crippen molar-refractivity contribution in [3.63, 3.8) is 0 Å². The van der Waals surface area contributed by atoms with E-state index < -0.39 is 0 Å². The molecule has 1 aromatic heterocycles. The van der Waals surface area contributed by atoms with Gasteiger partial charge in [0.15, 0.2) is 6.61 Å². The van der Waals surface area contributed by atoms with Crippen molar-refractivity contribution in [2.75, 3.05) is 6.61 Å². The average Bonchev–Trinajstić information content (AvgIpc) is 2.96. The predicted octanol–water partition coefficient (Wildman–Crippen LogP) is 4.61. The van der Waals surface area contributed by atoms with Crippen molar-refractivity contribution < 1.29 is 9.53 Å². The first kappa shape index (κ1) is 17.7. The van der Waals surface area contributed by atoms with Gasteiger partial charge in [-0.2, -0.15) is 5.10 Å². The van der Waals surface area contributed by atoms with Gasteiger partial charge in [0.2, 0.25) is 0 Å². The van der Waals surface area contributed by atoms with E-state index in [1.54, 1.807) is 0 Å². The van der Waals surface area contributed by atoms with E-state index in [9.17, 15) is 4.79 Å². The summed E-state index contributed by atoms with van der Waals surface area (Å²) in [6, 6.07) is 17.8. The number of ether oxygens (including phenoxy) is 1. The Hall–Kier alpha value is -3.14. The Morgan fingerprint density at radius 2 is 1.73 bits per heavy atom. The van der Waals surface area contributed by atoms with Crippen molar-refractivity contribution in [3.8, 4) is 16.9 Å². The summed E-state index contributed by atoms with van der Waals surface area (Å²) in [6.45, 7) is 7.49. The number of rotatable bonds is 6. The lowest BCUT2D eigenvalue weighted by Crippen LogP contribution is -2.21. The van der Waals surface area contributed by atoms with E-state index >= 15 is 0 Å². The second-order valence-electron chi connectivity index (χ2n) is 6.13. The van der Waals surface area contributed by atoms with Crippen LogP contribution in [-0.2, 0) is 6.42 Å². The lowest BCUT2D eigenvalue weighted by Gasteiger charge is -2.08. The number of hydrogen-bond acceptors (Lipinski definition) is 3. The number of carbonyl (C=O) groups is 1. The molecule has 0 saturated heterocycles. The second-order valence-corrected chi connectivity index (χ2v) is 6.13. The van der Waals surface area contributed by atoms with Crippen molar-refractivity contribution in [3.05, 3.63) is 84.2 Å². The molecule has 0 radical (unpaired) electrons. The molecule has 2 aromatic carbocycles. The molecule has 0 aliphatic heterocycles. The largest absolute Gasteiger partial charge is 0.484 e. The standard InChI is InChI=1S/C22H22N2O2/c1-4-8-21-16(2)23-24(17(21)3)22(25)15-26-20-13-11-19(12-14-20)18-9-6-5-7-10-18/h4-7,9-14H,1,8,15H2,2-3H3. The normalized spacial score (nSPS) is 10.5. The zero-order valence-corrected chi connectivity index (χ0v) is 15.1. The number of nitrogens with zero attached hydrogens (tertiary/aromatic N) is 2. The van der Waals surface area contributed by atoms with Gasteiger partial charge in [0.05, 0.1) is 5.69 Å². The smallest absolute Gasteiger partial charge is 0.284 e. The summed E-state index contributed by atoms with van der Waals surface area (Å²) in [6.07, 6.45) is 2.52. The molecule has 0 spiro atoms. The van der Waals surface area contributed by atoms with Crippen LogP contribution >= 0.6 is 0 Å². The van der Waals surface area contributed by atoms with Gasteiger partial charge in [-0.1, -0.05) is 48.5 Å². The summed E-state index contributed by atoms with van der Waals surface area (Å²) in [4.78, 5) is 12.4. The van der Waals surface area contributed by atoms with Crippen LogP contribution in [0.15, 0.2) is 67.3 Å². The zero-order valence-electron chi connectivity index (χ0n) is 15.1. The molecule has 3 aromatic rings. The highest BCUT2D eigenvalue weighted by Crippen LogP contribution is 2.22. The summed E-state index contributed by atoms with van der Waals surface area (Å²) >= 11 is 0. The van der Waals surface area contributed by atoms with E-state index in [0.717, 1.165) is 28.1 Å². The van der Waals surface area contributed by atoms with Crippen LogP contribution in [0.1, 0.15) is 21.7 Å². The number of allylic oxidation sites excluding steroid dienone is 1. The monoisotopic (exact) mass is 346 g/mol.